The van der Waals surface area contributed by atoms with Gasteiger partial charge in [-0.25, -0.2) is 0 Å². The zero-order chi connectivity index (χ0) is 11.8. The molecule has 0 aliphatic heterocycles. The van der Waals surface area contributed by atoms with Crippen LogP contribution in [0, 0.1) is 17.8 Å². The molecule has 3 heteroatoms. The Labute approximate surface area is 93.1 Å². The van der Waals surface area contributed by atoms with Gasteiger partial charge in [0, 0.05) is 0 Å². The molecule has 0 amide bonds. The molecule has 0 aromatic rings. The fourth-order valence-electron chi connectivity index (χ4n) is 2.15. The van der Waals surface area contributed by atoms with E-state index in [4.69, 9.17) is 10.2 Å². The maximum absolute atomic E-state index is 9.71. The first-order valence-corrected chi connectivity index (χ1v) is 5.92. The molecule has 3 nitrogen and oxygen atoms in total. The van der Waals surface area contributed by atoms with E-state index in [-0.39, 0.29) is 19.3 Å². The number of hydrogen-bond donors (Lipinski definition) is 3. The highest BCUT2D eigenvalue weighted by molar-refractivity contribution is 4.79. The van der Waals surface area contributed by atoms with Crippen molar-refractivity contribution in [2.45, 2.75) is 46.1 Å². The van der Waals surface area contributed by atoms with E-state index in [1.165, 1.54) is 12.8 Å². The third-order valence-electron chi connectivity index (χ3n) is 3.09. The van der Waals surface area contributed by atoms with Crippen molar-refractivity contribution in [3.05, 3.63) is 0 Å². The molecule has 0 saturated heterocycles. The lowest BCUT2D eigenvalue weighted by Crippen LogP contribution is -2.31. The van der Waals surface area contributed by atoms with Crippen LogP contribution in [0.1, 0.15) is 40.0 Å². The summed E-state index contributed by atoms with van der Waals surface area (Å²) in [6.07, 6.45) is 3.52. The number of rotatable bonds is 2. The molecule has 0 bridgehead atoms. The molecule has 1 saturated carbocycles. The first-order chi connectivity index (χ1) is 7.02. The van der Waals surface area contributed by atoms with Crippen LogP contribution in [0.25, 0.3) is 0 Å². The molecule has 3 unspecified atom stereocenters. The molecular formula is C12H26O3. The van der Waals surface area contributed by atoms with Crippen LogP contribution in [0.15, 0.2) is 0 Å². The van der Waals surface area contributed by atoms with E-state index >= 15 is 0 Å². The Morgan fingerprint density at radius 2 is 1.67 bits per heavy atom. The van der Waals surface area contributed by atoms with Crippen LogP contribution in [0.3, 0.4) is 0 Å². The van der Waals surface area contributed by atoms with Crippen LogP contribution < -0.4 is 0 Å². The van der Waals surface area contributed by atoms with Crippen molar-refractivity contribution in [1.82, 2.24) is 0 Å². The van der Waals surface area contributed by atoms with Crippen molar-refractivity contribution in [2.24, 2.45) is 17.8 Å². The van der Waals surface area contributed by atoms with E-state index in [1.807, 2.05) is 0 Å². The molecule has 92 valence electrons. The summed E-state index contributed by atoms with van der Waals surface area (Å²) >= 11 is 0. The van der Waals surface area contributed by atoms with Gasteiger partial charge < -0.3 is 15.3 Å². The average Bonchev–Trinajstić information content (AvgIpc) is 2.17. The molecule has 0 spiro atoms. The molecule has 1 aliphatic rings. The molecule has 0 heterocycles. The molecule has 1 rings (SSSR count). The highest BCUT2D eigenvalue weighted by atomic mass is 16.3. The van der Waals surface area contributed by atoms with Gasteiger partial charge in [0.25, 0.3) is 0 Å². The van der Waals surface area contributed by atoms with Crippen LogP contribution in [-0.4, -0.2) is 34.6 Å². The smallest absolute Gasteiger partial charge is 0.0662 e. The molecule has 1 aliphatic carbocycles. The first kappa shape index (κ1) is 14.9. The average molecular weight is 218 g/mol. The van der Waals surface area contributed by atoms with Gasteiger partial charge in [-0.15, -0.1) is 0 Å². The maximum atomic E-state index is 9.71. The topological polar surface area (TPSA) is 60.7 Å². The van der Waals surface area contributed by atoms with Crippen molar-refractivity contribution in [1.29, 1.82) is 0 Å². The minimum absolute atomic E-state index is 0.0289. The second-order valence-corrected chi connectivity index (χ2v) is 4.84. The number of aliphatic hydroxyl groups excluding tert-OH is 3. The third kappa shape index (κ3) is 6.13. The van der Waals surface area contributed by atoms with Crippen LogP contribution in [0.4, 0.5) is 0 Å². The standard InChI is InChI=1S/C10H20O.C2H6O2/c1-7(2)9-5-4-8(3)6-10(9)11;3-1-2-4/h7-11H,4-6H2,1-3H3;3-4H,1-2H2. The van der Waals surface area contributed by atoms with E-state index in [2.05, 4.69) is 20.8 Å². The van der Waals surface area contributed by atoms with Crippen LogP contribution in [-0.2, 0) is 0 Å². The zero-order valence-electron chi connectivity index (χ0n) is 10.2. The van der Waals surface area contributed by atoms with Gasteiger partial charge in [-0.1, -0.05) is 27.2 Å². The summed E-state index contributed by atoms with van der Waals surface area (Å²) < 4.78 is 0. The van der Waals surface area contributed by atoms with Gasteiger partial charge in [-0.3, -0.25) is 0 Å². The summed E-state index contributed by atoms with van der Waals surface area (Å²) in [6.45, 7) is 6.41. The van der Waals surface area contributed by atoms with Crippen LogP contribution >= 0.6 is 0 Å². The summed E-state index contributed by atoms with van der Waals surface area (Å²) in [5.41, 5.74) is 0. The Hall–Kier alpha value is -0.120. The molecule has 3 N–H and O–H groups in total. The van der Waals surface area contributed by atoms with E-state index in [0.29, 0.717) is 11.8 Å². The van der Waals surface area contributed by atoms with Gasteiger partial charge in [0.05, 0.1) is 19.3 Å². The van der Waals surface area contributed by atoms with Crippen molar-refractivity contribution < 1.29 is 15.3 Å². The Morgan fingerprint density at radius 3 is 2.00 bits per heavy atom. The SMILES string of the molecule is CC1CCC(C(C)C)C(O)C1.OCCO. The third-order valence-corrected chi connectivity index (χ3v) is 3.09. The summed E-state index contributed by atoms with van der Waals surface area (Å²) in [5, 5.41) is 25.0. The summed E-state index contributed by atoms with van der Waals surface area (Å²) in [5.74, 6) is 1.95. The summed E-state index contributed by atoms with van der Waals surface area (Å²) in [4.78, 5) is 0. The number of aliphatic hydroxyl groups is 3. The van der Waals surface area contributed by atoms with Gasteiger partial charge in [0.15, 0.2) is 0 Å². The highest BCUT2D eigenvalue weighted by Gasteiger charge is 2.28. The summed E-state index contributed by atoms with van der Waals surface area (Å²) in [7, 11) is 0. The number of hydrogen-bond acceptors (Lipinski definition) is 3. The lowest BCUT2D eigenvalue weighted by Gasteiger charge is -2.33. The second-order valence-electron chi connectivity index (χ2n) is 4.84. The maximum Gasteiger partial charge on any atom is 0.0662 e. The summed E-state index contributed by atoms with van der Waals surface area (Å²) in [6, 6.07) is 0. The lowest BCUT2D eigenvalue weighted by atomic mass is 9.75. The molecule has 0 aromatic heterocycles. The zero-order valence-corrected chi connectivity index (χ0v) is 10.2. The Kier molecular flexibility index (Phi) is 8.02. The Bertz CT molecular complexity index is 146. The molecule has 0 radical (unpaired) electrons. The fourth-order valence-corrected chi connectivity index (χ4v) is 2.15. The van der Waals surface area contributed by atoms with Gasteiger partial charge in [-0.2, -0.15) is 0 Å². The van der Waals surface area contributed by atoms with Gasteiger partial charge >= 0.3 is 0 Å². The van der Waals surface area contributed by atoms with E-state index in [0.717, 1.165) is 12.3 Å². The highest BCUT2D eigenvalue weighted by Crippen LogP contribution is 2.33. The fraction of sp³-hybridized carbons (Fsp3) is 1.00. The Morgan fingerprint density at radius 1 is 1.13 bits per heavy atom. The van der Waals surface area contributed by atoms with Crippen LogP contribution in [0.2, 0.25) is 0 Å². The second kappa shape index (κ2) is 8.08. The largest absolute Gasteiger partial charge is 0.394 e. The van der Waals surface area contributed by atoms with Crippen LogP contribution in [0.5, 0.6) is 0 Å². The quantitative estimate of drug-likeness (QED) is 0.657. The predicted molar refractivity (Wildman–Crippen MR) is 61.5 cm³/mol. The Balaban J connectivity index is 0.000000423. The molecular weight excluding hydrogens is 192 g/mol. The van der Waals surface area contributed by atoms with Crippen molar-refractivity contribution in [2.75, 3.05) is 13.2 Å². The monoisotopic (exact) mass is 218 g/mol. The minimum atomic E-state index is -0.125. The first-order valence-electron chi connectivity index (χ1n) is 5.92. The normalized spacial score (nSPS) is 31.0. The minimum Gasteiger partial charge on any atom is -0.394 e. The molecule has 0 aromatic carbocycles. The predicted octanol–water partition coefficient (Wildman–Crippen LogP) is 1.41. The van der Waals surface area contributed by atoms with Crippen molar-refractivity contribution in [3.63, 3.8) is 0 Å². The van der Waals surface area contributed by atoms with Crippen molar-refractivity contribution >= 4 is 0 Å². The van der Waals surface area contributed by atoms with E-state index < -0.39 is 0 Å². The molecule has 1 fully saturated rings. The van der Waals surface area contributed by atoms with E-state index in [1.54, 1.807) is 0 Å². The van der Waals surface area contributed by atoms with Gasteiger partial charge in [-0.05, 0) is 30.6 Å². The molecule has 15 heavy (non-hydrogen) atoms. The molecule has 3 atom stereocenters. The lowest BCUT2D eigenvalue weighted by molar-refractivity contribution is 0.0266. The van der Waals surface area contributed by atoms with Crippen molar-refractivity contribution in [3.8, 4) is 0 Å². The van der Waals surface area contributed by atoms with Gasteiger partial charge in [0.1, 0.15) is 0 Å². The van der Waals surface area contributed by atoms with E-state index in [9.17, 15) is 5.11 Å². The van der Waals surface area contributed by atoms with Gasteiger partial charge in [0.2, 0.25) is 0 Å².